The van der Waals surface area contributed by atoms with Crippen molar-refractivity contribution in [1.29, 1.82) is 0 Å². The maximum absolute atomic E-state index is 13.9. The normalized spacial score (nSPS) is 14.4. The monoisotopic (exact) mass is 537 g/mol. The van der Waals surface area contributed by atoms with Gasteiger partial charge in [-0.05, 0) is 43.3 Å². The number of alkyl halides is 6. The summed E-state index contributed by atoms with van der Waals surface area (Å²) in [7, 11) is 1.11. The second-order valence-electron chi connectivity index (χ2n) is 7.89. The Bertz CT molecular complexity index is 1140. The molecule has 0 aliphatic carbocycles. The largest absolute Gasteiger partial charge is 0.420 e. The lowest BCUT2D eigenvalue weighted by molar-refractivity contribution is -0.143. The molecule has 1 aliphatic heterocycles. The molecule has 0 spiro atoms. The van der Waals surface area contributed by atoms with Gasteiger partial charge in [0.2, 0.25) is 0 Å². The van der Waals surface area contributed by atoms with Crippen LogP contribution in [-0.4, -0.2) is 56.9 Å². The molecule has 1 heterocycles. The van der Waals surface area contributed by atoms with E-state index >= 15 is 0 Å². The maximum atomic E-state index is 13.9. The first-order valence-corrected chi connectivity index (χ1v) is 10.9. The Kier molecular flexibility index (Phi) is 8.20. The molecule has 1 saturated heterocycles. The van der Waals surface area contributed by atoms with Gasteiger partial charge in [0.05, 0.1) is 17.9 Å². The van der Waals surface area contributed by atoms with Crippen molar-refractivity contribution >= 4 is 23.5 Å². The zero-order valence-corrected chi connectivity index (χ0v) is 19.6. The van der Waals surface area contributed by atoms with E-state index in [2.05, 4.69) is 0 Å². The van der Waals surface area contributed by atoms with Crippen LogP contribution in [0.3, 0.4) is 0 Å². The molecule has 0 saturated carbocycles. The molecule has 0 aromatic heterocycles. The lowest BCUT2D eigenvalue weighted by Gasteiger charge is -2.26. The van der Waals surface area contributed by atoms with Gasteiger partial charge in [0, 0.05) is 39.0 Å². The Labute approximate surface area is 206 Å². The summed E-state index contributed by atoms with van der Waals surface area (Å²) in [5.74, 6) is -1.91. The third kappa shape index (κ3) is 6.42. The van der Waals surface area contributed by atoms with E-state index in [9.17, 15) is 40.3 Å². The molecular formula is C23H22F7N3O4. The second kappa shape index (κ2) is 10.8. The van der Waals surface area contributed by atoms with E-state index in [0.29, 0.717) is 17.6 Å². The number of hydrogen-bond donors (Lipinski definition) is 0. The fourth-order valence-corrected chi connectivity index (χ4v) is 3.55. The lowest BCUT2D eigenvalue weighted by Crippen LogP contribution is -2.35. The van der Waals surface area contributed by atoms with E-state index in [-0.39, 0.29) is 38.0 Å². The van der Waals surface area contributed by atoms with Crippen LogP contribution >= 0.6 is 0 Å². The van der Waals surface area contributed by atoms with Crippen LogP contribution in [0.15, 0.2) is 36.4 Å². The third-order valence-electron chi connectivity index (χ3n) is 5.47. The Morgan fingerprint density at radius 1 is 1.03 bits per heavy atom. The predicted octanol–water partition coefficient (Wildman–Crippen LogP) is 5.78. The van der Waals surface area contributed by atoms with Crippen molar-refractivity contribution in [3.8, 4) is 5.75 Å². The van der Waals surface area contributed by atoms with Gasteiger partial charge >= 0.3 is 24.5 Å². The molecule has 0 atom stereocenters. The average molecular weight is 537 g/mol. The van der Waals surface area contributed by atoms with Crippen LogP contribution < -0.4 is 14.5 Å². The quantitative estimate of drug-likeness (QED) is 0.332. The smallest absolute Gasteiger partial charge is 0.407 e. The molecule has 0 unspecified atom stereocenters. The Morgan fingerprint density at radius 3 is 2.24 bits per heavy atom. The molecule has 0 N–H and O–H groups in total. The van der Waals surface area contributed by atoms with Crippen LogP contribution in [0.1, 0.15) is 18.1 Å². The molecule has 1 fully saturated rings. The molecule has 7 nitrogen and oxygen atoms in total. The van der Waals surface area contributed by atoms with Crippen molar-refractivity contribution in [2.24, 2.45) is 0 Å². The number of rotatable bonds is 7. The van der Waals surface area contributed by atoms with Crippen molar-refractivity contribution in [1.82, 2.24) is 4.90 Å². The topological polar surface area (TPSA) is 62.3 Å². The Morgan fingerprint density at radius 2 is 1.68 bits per heavy atom. The van der Waals surface area contributed by atoms with Crippen LogP contribution in [0.4, 0.5) is 51.7 Å². The van der Waals surface area contributed by atoms with Gasteiger partial charge in [-0.3, -0.25) is 9.80 Å². The van der Waals surface area contributed by atoms with Crippen molar-refractivity contribution in [2.45, 2.75) is 19.3 Å². The van der Waals surface area contributed by atoms with Gasteiger partial charge in [0.1, 0.15) is 11.4 Å². The van der Waals surface area contributed by atoms with E-state index < -0.39 is 52.9 Å². The van der Waals surface area contributed by atoms with Gasteiger partial charge in [-0.25, -0.2) is 14.0 Å². The summed E-state index contributed by atoms with van der Waals surface area (Å²) < 4.78 is 106. The predicted molar refractivity (Wildman–Crippen MR) is 118 cm³/mol. The van der Waals surface area contributed by atoms with Crippen molar-refractivity contribution in [2.75, 3.05) is 49.7 Å². The molecule has 37 heavy (non-hydrogen) atoms. The number of carbonyl (C=O) groups is 2. The highest BCUT2D eigenvalue weighted by Gasteiger charge is 2.44. The highest BCUT2D eigenvalue weighted by atomic mass is 19.4. The van der Waals surface area contributed by atoms with Gasteiger partial charge in [0.15, 0.2) is 5.75 Å². The molecule has 14 heteroatoms. The molecule has 202 valence electrons. The van der Waals surface area contributed by atoms with Crippen LogP contribution in [0.5, 0.6) is 5.75 Å². The molecule has 0 radical (unpaired) electrons. The van der Waals surface area contributed by atoms with Gasteiger partial charge in [-0.1, -0.05) is 0 Å². The number of carbonyl (C=O) groups excluding carboxylic acids is 2. The van der Waals surface area contributed by atoms with E-state index in [1.54, 1.807) is 6.92 Å². The van der Waals surface area contributed by atoms with Crippen LogP contribution in [0.2, 0.25) is 0 Å². The molecule has 1 aliphatic rings. The summed E-state index contributed by atoms with van der Waals surface area (Å²) >= 11 is 0. The maximum Gasteiger partial charge on any atom is 0.420 e. The number of anilines is 2. The van der Waals surface area contributed by atoms with Crippen molar-refractivity contribution in [3.05, 3.63) is 53.3 Å². The summed E-state index contributed by atoms with van der Waals surface area (Å²) in [6.07, 6.45) is -12.0. The minimum absolute atomic E-state index is 0.00757. The number of hydrogen-bond acceptors (Lipinski definition) is 4. The number of amides is 3. The fraction of sp³-hybridized carbons (Fsp3) is 0.391. The van der Waals surface area contributed by atoms with Gasteiger partial charge in [-0.2, -0.15) is 26.3 Å². The third-order valence-corrected chi connectivity index (χ3v) is 5.47. The average Bonchev–Trinajstić information content (AvgIpc) is 3.17. The van der Waals surface area contributed by atoms with Gasteiger partial charge < -0.3 is 14.4 Å². The molecule has 3 amide bonds. The molecular weight excluding hydrogens is 515 g/mol. The Hall–Kier alpha value is -3.55. The minimum Gasteiger partial charge on any atom is -0.407 e. The van der Waals surface area contributed by atoms with E-state index in [4.69, 9.17) is 9.47 Å². The summed E-state index contributed by atoms with van der Waals surface area (Å²) in [6.45, 7) is 1.95. The van der Waals surface area contributed by atoms with E-state index in [0.717, 1.165) is 36.2 Å². The van der Waals surface area contributed by atoms with Crippen LogP contribution in [0, 0.1) is 5.82 Å². The van der Waals surface area contributed by atoms with E-state index in [1.165, 1.54) is 4.90 Å². The van der Waals surface area contributed by atoms with E-state index in [1.807, 2.05) is 0 Å². The zero-order chi connectivity index (χ0) is 27.5. The highest BCUT2D eigenvalue weighted by Crippen LogP contribution is 2.47. The standard InChI is InChI=1S/C23H22F7N3O4/c1-3-36-11-10-32-8-9-33(20(32)34)18-13-14(22(25,26)27)12-17(23(28,29)30)19(18)37-21(35)31(2)16-6-4-15(24)5-7-16/h4-7,12-13H,3,8-11H2,1-2H3. The number of benzene rings is 2. The minimum atomic E-state index is -5.38. The summed E-state index contributed by atoms with van der Waals surface area (Å²) in [5.41, 5.74) is -4.40. The van der Waals surface area contributed by atoms with Gasteiger partial charge in [-0.15, -0.1) is 0 Å². The fourth-order valence-electron chi connectivity index (χ4n) is 3.55. The molecule has 3 rings (SSSR count). The van der Waals surface area contributed by atoms with Crippen molar-refractivity contribution < 1.29 is 49.8 Å². The van der Waals surface area contributed by atoms with Crippen LogP contribution in [0.25, 0.3) is 0 Å². The Balaban J connectivity index is 2.07. The van der Waals surface area contributed by atoms with Crippen LogP contribution in [-0.2, 0) is 17.1 Å². The first-order valence-electron chi connectivity index (χ1n) is 10.9. The molecule has 0 bridgehead atoms. The molecule has 2 aromatic carbocycles. The molecule has 2 aromatic rings. The number of urea groups is 1. The second-order valence-corrected chi connectivity index (χ2v) is 7.89. The lowest BCUT2D eigenvalue weighted by atomic mass is 10.1. The highest BCUT2D eigenvalue weighted by molar-refractivity contribution is 5.97. The SMILES string of the molecule is CCOCCN1CCN(c2cc(C(F)(F)F)cc(C(F)(F)F)c2OC(=O)N(C)c2ccc(F)cc2)C1=O. The number of ether oxygens (including phenoxy) is 2. The summed E-state index contributed by atoms with van der Waals surface area (Å²) in [6, 6.07) is 3.55. The summed E-state index contributed by atoms with van der Waals surface area (Å²) in [4.78, 5) is 28.3. The van der Waals surface area contributed by atoms with Gasteiger partial charge in [0.25, 0.3) is 0 Å². The first kappa shape index (κ1) is 28.0. The van der Waals surface area contributed by atoms with Crippen molar-refractivity contribution in [3.63, 3.8) is 0 Å². The first-order chi connectivity index (χ1) is 17.2. The summed E-state index contributed by atoms with van der Waals surface area (Å²) in [5, 5.41) is 0. The number of halogens is 7. The number of nitrogens with zero attached hydrogens (tertiary/aromatic N) is 3. The zero-order valence-electron chi connectivity index (χ0n) is 19.6.